The zero-order valence-electron chi connectivity index (χ0n) is 12.2. The fourth-order valence-corrected chi connectivity index (χ4v) is 2.57. The first kappa shape index (κ1) is 13.8. The molecule has 2 heterocycles. The van der Waals surface area contributed by atoms with Gasteiger partial charge in [-0.05, 0) is 37.1 Å². The quantitative estimate of drug-likeness (QED) is 0.935. The lowest BCUT2D eigenvalue weighted by atomic mass is 10.1. The van der Waals surface area contributed by atoms with Gasteiger partial charge in [0.25, 0.3) is 0 Å². The minimum absolute atomic E-state index is 0.323. The molecule has 21 heavy (non-hydrogen) atoms. The summed E-state index contributed by atoms with van der Waals surface area (Å²) in [6.45, 7) is 1.92. The number of methoxy groups -OCH3 is 1. The van der Waals surface area contributed by atoms with Crippen LogP contribution in [0.1, 0.15) is 12.8 Å². The van der Waals surface area contributed by atoms with Crippen LogP contribution in [0.4, 0.5) is 5.82 Å². The first-order valence-electron chi connectivity index (χ1n) is 7.23. The van der Waals surface area contributed by atoms with Gasteiger partial charge >= 0.3 is 0 Å². The van der Waals surface area contributed by atoms with E-state index < -0.39 is 0 Å². The van der Waals surface area contributed by atoms with Crippen molar-refractivity contribution in [1.29, 1.82) is 0 Å². The van der Waals surface area contributed by atoms with Gasteiger partial charge in [-0.2, -0.15) is 0 Å². The Morgan fingerprint density at radius 2 is 1.86 bits per heavy atom. The van der Waals surface area contributed by atoms with Crippen molar-refractivity contribution in [2.75, 3.05) is 25.1 Å². The maximum atomic E-state index is 5.95. The van der Waals surface area contributed by atoms with Gasteiger partial charge in [-0.25, -0.2) is 9.97 Å². The smallest absolute Gasteiger partial charge is 0.132 e. The summed E-state index contributed by atoms with van der Waals surface area (Å²) in [5.74, 6) is 1.82. The van der Waals surface area contributed by atoms with Gasteiger partial charge in [0.15, 0.2) is 0 Å². The van der Waals surface area contributed by atoms with E-state index in [1.165, 1.54) is 0 Å². The summed E-state index contributed by atoms with van der Waals surface area (Å²) in [4.78, 5) is 11.0. The Hall–Kier alpha value is -2.14. The van der Waals surface area contributed by atoms with Crippen molar-refractivity contribution < 1.29 is 4.74 Å². The maximum Gasteiger partial charge on any atom is 0.132 e. The number of hydrogen-bond donors (Lipinski definition) is 1. The van der Waals surface area contributed by atoms with Gasteiger partial charge in [0.05, 0.1) is 12.8 Å². The van der Waals surface area contributed by atoms with Crippen LogP contribution in [0.15, 0.2) is 36.7 Å². The summed E-state index contributed by atoms with van der Waals surface area (Å²) in [6.07, 6.45) is 3.66. The van der Waals surface area contributed by atoms with Crippen LogP contribution in [0.5, 0.6) is 5.75 Å². The molecular weight excluding hydrogens is 264 g/mol. The number of nitrogens with zero attached hydrogens (tertiary/aromatic N) is 3. The number of anilines is 1. The van der Waals surface area contributed by atoms with Crippen LogP contribution in [-0.4, -0.2) is 36.2 Å². The third-order valence-electron chi connectivity index (χ3n) is 3.90. The third-order valence-corrected chi connectivity index (χ3v) is 3.90. The molecule has 2 aromatic rings. The van der Waals surface area contributed by atoms with Crippen molar-refractivity contribution in [3.05, 3.63) is 36.7 Å². The maximum absolute atomic E-state index is 5.95. The second-order valence-corrected chi connectivity index (χ2v) is 5.31. The molecule has 1 fully saturated rings. The van der Waals surface area contributed by atoms with Crippen LogP contribution in [0.2, 0.25) is 0 Å². The van der Waals surface area contributed by atoms with Gasteiger partial charge in [0.1, 0.15) is 17.9 Å². The predicted octanol–water partition coefficient (Wildman–Crippen LogP) is 2.08. The zero-order chi connectivity index (χ0) is 14.7. The fraction of sp³-hybridized carbons (Fsp3) is 0.375. The molecule has 5 heteroatoms. The van der Waals surface area contributed by atoms with E-state index in [-0.39, 0.29) is 0 Å². The van der Waals surface area contributed by atoms with E-state index >= 15 is 0 Å². The van der Waals surface area contributed by atoms with Gasteiger partial charge in [-0.15, -0.1) is 0 Å². The first-order valence-corrected chi connectivity index (χ1v) is 7.23. The van der Waals surface area contributed by atoms with Gasteiger partial charge < -0.3 is 15.4 Å². The average Bonchev–Trinajstić information content (AvgIpc) is 2.56. The highest BCUT2D eigenvalue weighted by Gasteiger charge is 2.17. The Balaban J connectivity index is 1.82. The molecule has 2 N–H and O–H groups in total. The molecule has 5 nitrogen and oxygen atoms in total. The number of benzene rings is 1. The molecule has 3 rings (SSSR count). The molecule has 0 spiro atoms. The number of rotatable bonds is 3. The summed E-state index contributed by atoms with van der Waals surface area (Å²) < 4.78 is 5.18. The highest BCUT2D eigenvalue weighted by molar-refractivity contribution is 5.63. The number of aromatic nitrogens is 2. The average molecular weight is 284 g/mol. The molecule has 1 aliphatic heterocycles. The van der Waals surface area contributed by atoms with Crippen LogP contribution in [-0.2, 0) is 0 Å². The summed E-state index contributed by atoms with van der Waals surface area (Å²) in [5.41, 5.74) is 7.94. The summed E-state index contributed by atoms with van der Waals surface area (Å²) >= 11 is 0. The molecule has 0 bridgehead atoms. The molecule has 0 saturated carbocycles. The number of piperidine rings is 1. The molecule has 1 aromatic heterocycles. The van der Waals surface area contributed by atoms with Crippen LogP contribution in [0.3, 0.4) is 0 Å². The van der Waals surface area contributed by atoms with Gasteiger partial charge in [0, 0.05) is 30.8 Å². The second-order valence-electron chi connectivity index (χ2n) is 5.31. The fourth-order valence-electron chi connectivity index (χ4n) is 2.57. The Morgan fingerprint density at radius 3 is 2.52 bits per heavy atom. The third kappa shape index (κ3) is 3.13. The number of nitrogens with two attached hydrogens (primary N) is 1. The van der Waals surface area contributed by atoms with Gasteiger partial charge in [-0.1, -0.05) is 0 Å². The van der Waals surface area contributed by atoms with E-state index in [0.717, 1.165) is 48.8 Å². The van der Waals surface area contributed by atoms with Crippen molar-refractivity contribution in [3.8, 4) is 17.0 Å². The molecule has 0 amide bonds. The first-order chi connectivity index (χ1) is 10.3. The number of ether oxygens (including phenoxy) is 1. The Morgan fingerprint density at radius 1 is 1.14 bits per heavy atom. The minimum atomic E-state index is 0.323. The highest BCUT2D eigenvalue weighted by Crippen LogP contribution is 2.24. The summed E-state index contributed by atoms with van der Waals surface area (Å²) in [7, 11) is 1.67. The lowest BCUT2D eigenvalue weighted by molar-refractivity contribution is 0.415. The molecule has 0 unspecified atom stereocenters. The standard InChI is InChI=1S/C16H20N4O/c1-21-14-4-2-12(3-5-14)15-10-16(19-11-18-15)20-8-6-13(17)7-9-20/h2-5,10-11,13H,6-9,17H2,1H3. The molecule has 110 valence electrons. The van der Waals surface area contributed by atoms with Gasteiger partial charge in [-0.3, -0.25) is 0 Å². The Labute approximate surface area is 124 Å². The van der Waals surface area contributed by atoms with E-state index in [1.54, 1.807) is 13.4 Å². The van der Waals surface area contributed by atoms with Gasteiger partial charge in [0.2, 0.25) is 0 Å². The molecule has 0 atom stereocenters. The topological polar surface area (TPSA) is 64.3 Å². The normalized spacial score (nSPS) is 16.0. The minimum Gasteiger partial charge on any atom is -0.497 e. The van der Waals surface area contributed by atoms with Crippen LogP contribution in [0.25, 0.3) is 11.3 Å². The van der Waals surface area contributed by atoms with Crippen molar-refractivity contribution in [2.45, 2.75) is 18.9 Å². The van der Waals surface area contributed by atoms with Crippen molar-refractivity contribution in [1.82, 2.24) is 9.97 Å². The SMILES string of the molecule is COc1ccc(-c2cc(N3CCC(N)CC3)ncn2)cc1. The molecular formula is C16H20N4O. The Bertz CT molecular complexity index is 591. The molecule has 0 aliphatic carbocycles. The lowest BCUT2D eigenvalue weighted by Crippen LogP contribution is -2.40. The molecule has 1 aromatic carbocycles. The van der Waals surface area contributed by atoms with E-state index in [0.29, 0.717) is 6.04 Å². The van der Waals surface area contributed by atoms with Crippen molar-refractivity contribution in [3.63, 3.8) is 0 Å². The largest absolute Gasteiger partial charge is 0.497 e. The van der Waals surface area contributed by atoms with E-state index in [4.69, 9.17) is 10.5 Å². The summed E-state index contributed by atoms with van der Waals surface area (Å²) in [5, 5.41) is 0. The Kier molecular flexibility index (Phi) is 4.01. The molecule has 1 aliphatic rings. The number of hydrogen-bond acceptors (Lipinski definition) is 5. The van der Waals surface area contributed by atoms with E-state index in [1.807, 2.05) is 30.3 Å². The van der Waals surface area contributed by atoms with Crippen LogP contribution >= 0.6 is 0 Å². The summed E-state index contributed by atoms with van der Waals surface area (Å²) in [6, 6.07) is 10.3. The van der Waals surface area contributed by atoms with Crippen LogP contribution < -0.4 is 15.4 Å². The monoisotopic (exact) mass is 284 g/mol. The predicted molar refractivity (Wildman–Crippen MR) is 83.4 cm³/mol. The second kappa shape index (κ2) is 6.10. The zero-order valence-corrected chi connectivity index (χ0v) is 12.2. The van der Waals surface area contributed by atoms with Crippen LogP contribution in [0, 0.1) is 0 Å². The molecule has 0 radical (unpaired) electrons. The van der Waals surface area contributed by atoms with E-state index in [9.17, 15) is 0 Å². The highest BCUT2D eigenvalue weighted by atomic mass is 16.5. The lowest BCUT2D eigenvalue weighted by Gasteiger charge is -2.31. The van der Waals surface area contributed by atoms with Crippen molar-refractivity contribution in [2.24, 2.45) is 5.73 Å². The molecule has 1 saturated heterocycles. The van der Waals surface area contributed by atoms with E-state index in [2.05, 4.69) is 14.9 Å². The van der Waals surface area contributed by atoms with Crippen molar-refractivity contribution >= 4 is 5.82 Å².